The Balaban J connectivity index is 3.46. The monoisotopic (exact) mass is 904 g/mol. The third-order valence-electron chi connectivity index (χ3n) is 13.6. The zero-order chi connectivity index (χ0) is 46.5. The highest BCUT2D eigenvalue weighted by atomic mass is 16.5. The van der Waals surface area contributed by atoms with Crippen molar-refractivity contribution in [3.05, 3.63) is 12.2 Å². The first kappa shape index (κ1) is 62.6. The van der Waals surface area contributed by atoms with Crippen LogP contribution in [0.25, 0.3) is 0 Å². The predicted octanol–water partition coefficient (Wildman–Crippen LogP) is 17.7. The summed E-state index contributed by atoms with van der Waals surface area (Å²) in [5.74, 6) is -0.0807. The van der Waals surface area contributed by atoms with E-state index in [1.807, 2.05) is 0 Å². The fourth-order valence-corrected chi connectivity index (χ4v) is 9.11. The number of nitrogens with one attached hydrogen (secondary N) is 1. The molecule has 1 amide bonds. The Labute approximate surface area is 399 Å². The van der Waals surface area contributed by atoms with Crippen molar-refractivity contribution in [1.29, 1.82) is 0 Å². The van der Waals surface area contributed by atoms with Crippen LogP contribution in [0.5, 0.6) is 0 Å². The summed E-state index contributed by atoms with van der Waals surface area (Å²) in [4.78, 5) is 24.5. The number of esters is 1. The van der Waals surface area contributed by atoms with Gasteiger partial charge >= 0.3 is 5.97 Å². The average molecular weight is 905 g/mol. The van der Waals surface area contributed by atoms with Gasteiger partial charge in [-0.1, -0.05) is 270 Å². The molecule has 6 heteroatoms. The van der Waals surface area contributed by atoms with E-state index in [1.165, 1.54) is 231 Å². The Morgan fingerprint density at radius 1 is 0.422 bits per heavy atom. The van der Waals surface area contributed by atoms with E-state index in [9.17, 15) is 19.8 Å². The van der Waals surface area contributed by atoms with Gasteiger partial charge in [0.1, 0.15) is 0 Å². The molecule has 0 heterocycles. The van der Waals surface area contributed by atoms with Gasteiger partial charge in [-0.15, -0.1) is 0 Å². The second-order valence-electron chi connectivity index (χ2n) is 20.0. The van der Waals surface area contributed by atoms with Gasteiger partial charge in [0.2, 0.25) is 5.91 Å². The summed E-state index contributed by atoms with van der Waals surface area (Å²) in [6, 6.07) is -0.559. The summed E-state index contributed by atoms with van der Waals surface area (Å²) >= 11 is 0. The second kappa shape index (κ2) is 54.2. The maximum Gasteiger partial charge on any atom is 0.305 e. The lowest BCUT2D eigenvalue weighted by Gasteiger charge is -2.22. The van der Waals surface area contributed by atoms with Crippen molar-refractivity contribution < 1.29 is 24.5 Å². The zero-order valence-corrected chi connectivity index (χ0v) is 43.3. The Morgan fingerprint density at radius 2 is 0.734 bits per heavy atom. The van der Waals surface area contributed by atoms with E-state index in [1.54, 1.807) is 0 Å². The summed E-state index contributed by atoms with van der Waals surface area (Å²) in [6.45, 7) is 4.91. The highest BCUT2D eigenvalue weighted by Crippen LogP contribution is 2.18. The van der Waals surface area contributed by atoms with Crippen LogP contribution in [0.2, 0.25) is 0 Å². The van der Waals surface area contributed by atoms with Crippen LogP contribution in [0.15, 0.2) is 12.2 Å². The molecule has 3 N–H and O–H groups in total. The molecule has 0 radical (unpaired) electrons. The summed E-state index contributed by atoms with van der Waals surface area (Å²) in [5, 5.41) is 23.3. The molecule has 0 aromatic rings. The van der Waals surface area contributed by atoms with Crippen LogP contribution in [-0.4, -0.2) is 47.4 Å². The summed E-state index contributed by atoms with van der Waals surface area (Å²) in [6.07, 6.45) is 63.4. The Hall–Kier alpha value is -1.40. The molecule has 2 unspecified atom stereocenters. The molecule has 0 fully saturated rings. The largest absolute Gasteiger partial charge is 0.466 e. The number of allylic oxidation sites excluding steroid dienone is 2. The van der Waals surface area contributed by atoms with Gasteiger partial charge < -0.3 is 20.3 Å². The molecule has 0 aromatic heterocycles. The molecule has 0 spiro atoms. The number of aliphatic hydroxyl groups is 2. The molecule has 0 aliphatic rings. The molecule has 0 saturated carbocycles. The number of unbranched alkanes of at least 4 members (excludes halogenated alkanes) is 41. The van der Waals surface area contributed by atoms with Gasteiger partial charge in [0.25, 0.3) is 0 Å². The first-order chi connectivity index (χ1) is 31.5. The van der Waals surface area contributed by atoms with Gasteiger partial charge in [-0.05, 0) is 51.4 Å². The Bertz CT molecular complexity index is 955. The van der Waals surface area contributed by atoms with Crippen molar-refractivity contribution in [1.82, 2.24) is 5.32 Å². The van der Waals surface area contributed by atoms with Crippen molar-refractivity contribution in [2.45, 2.75) is 334 Å². The fourth-order valence-electron chi connectivity index (χ4n) is 9.11. The van der Waals surface area contributed by atoms with E-state index in [0.717, 1.165) is 57.8 Å². The number of carbonyl (C=O) groups is 2. The van der Waals surface area contributed by atoms with E-state index < -0.39 is 12.1 Å². The summed E-state index contributed by atoms with van der Waals surface area (Å²) in [7, 11) is 0. The van der Waals surface area contributed by atoms with Gasteiger partial charge in [0, 0.05) is 12.8 Å². The number of ether oxygens (including phenoxy) is 1. The number of aliphatic hydroxyl groups excluding tert-OH is 2. The van der Waals surface area contributed by atoms with Crippen LogP contribution in [-0.2, 0) is 14.3 Å². The highest BCUT2D eigenvalue weighted by molar-refractivity contribution is 5.76. The third-order valence-corrected chi connectivity index (χ3v) is 13.6. The van der Waals surface area contributed by atoms with Crippen LogP contribution < -0.4 is 5.32 Å². The quantitative estimate of drug-likeness (QED) is 0.0321. The number of carbonyl (C=O) groups excluding carboxylic acids is 2. The Kier molecular flexibility index (Phi) is 53.0. The van der Waals surface area contributed by atoms with Crippen LogP contribution in [0.4, 0.5) is 0 Å². The smallest absolute Gasteiger partial charge is 0.305 e. The molecule has 0 aliphatic heterocycles. The highest BCUT2D eigenvalue weighted by Gasteiger charge is 2.20. The van der Waals surface area contributed by atoms with E-state index in [4.69, 9.17) is 4.74 Å². The van der Waals surface area contributed by atoms with Crippen LogP contribution in [0.3, 0.4) is 0 Å². The summed E-state index contributed by atoms with van der Waals surface area (Å²) in [5.41, 5.74) is 0. The molecule has 6 nitrogen and oxygen atoms in total. The number of amides is 1. The predicted molar refractivity (Wildman–Crippen MR) is 278 cm³/mol. The van der Waals surface area contributed by atoms with Crippen molar-refractivity contribution in [2.24, 2.45) is 0 Å². The van der Waals surface area contributed by atoms with Crippen molar-refractivity contribution in [3.63, 3.8) is 0 Å². The minimum absolute atomic E-state index is 0.0261. The van der Waals surface area contributed by atoms with Crippen molar-refractivity contribution >= 4 is 11.9 Å². The van der Waals surface area contributed by atoms with Gasteiger partial charge in [0.15, 0.2) is 0 Å². The maximum absolute atomic E-state index is 12.5. The SMILES string of the molecule is CCCCCCC/C=C\CCCCCCCC(=O)OCCCCCCCCCCCCC(=O)NC(CO)C(O)CCCCCCCCCCCCCCCCCCCCCCCCC. The Morgan fingerprint density at radius 3 is 1.11 bits per heavy atom. The van der Waals surface area contributed by atoms with Gasteiger partial charge in [-0.25, -0.2) is 0 Å². The number of rotatable bonds is 54. The third kappa shape index (κ3) is 50.0. The number of hydrogen-bond donors (Lipinski definition) is 3. The second-order valence-corrected chi connectivity index (χ2v) is 20.0. The standard InChI is InChI=1S/C58H113NO5/c1-3-5-7-9-11-13-15-17-19-20-21-22-23-24-25-26-27-28-30-34-38-42-46-50-56(61)55(54-60)59-57(62)51-47-43-39-35-32-33-37-41-45-49-53-64-58(63)52-48-44-40-36-31-29-18-16-14-12-10-8-6-4-2/h16,18,55-56,60-61H,3-15,17,19-54H2,1-2H3,(H,59,62)/b18-16-. The topological polar surface area (TPSA) is 95.9 Å². The van der Waals surface area contributed by atoms with E-state index >= 15 is 0 Å². The zero-order valence-electron chi connectivity index (χ0n) is 43.3. The summed E-state index contributed by atoms with van der Waals surface area (Å²) < 4.78 is 5.45. The molecule has 2 atom stereocenters. The molecule has 64 heavy (non-hydrogen) atoms. The lowest BCUT2D eigenvalue weighted by molar-refractivity contribution is -0.143. The fraction of sp³-hybridized carbons (Fsp3) is 0.931. The van der Waals surface area contributed by atoms with E-state index in [0.29, 0.717) is 25.9 Å². The van der Waals surface area contributed by atoms with Crippen molar-refractivity contribution in [3.8, 4) is 0 Å². The van der Waals surface area contributed by atoms with E-state index in [-0.39, 0.29) is 18.5 Å². The van der Waals surface area contributed by atoms with Gasteiger partial charge in [-0.2, -0.15) is 0 Å². The molecule has 0 bridgehead atoms. The minimum Gasteiger partial charge on any atom is -0.466 e. The molecular weight excluding hydrogens is 791 g/mol. The molecule has 380 valence electrons. The lowest BCUT2D eigenvalue weighted by atomic mass is 10.0. The van der Waals surface area contributed by atoms with Gasteiger partial charge in [0.05, 0.1) is 25.4 Å². The van der Waals surface area contributed by atoms with Crippen LogP contribution in [0, 0.1) is 0 Å². The number of hydrogen-bond acceptors (Lipinski definition) is 5. The molecule has 0 saturated heterocycles. The lowest BCUT2D eigenvalue weighted by Crippen LogP contribution is -2.45. The van der Waals surface area contributed by atoms with Crippen LogP contribution in [0.1, 0.15) is 322 Å². The van der Waals surface area contributed by atoms with Crippen LogP contribution >= 0.6 is 0 Å². The first-order valence-electron chi connectivity index (χ1n) is 28.9. The molecule has 0 aliphatic carbocycles. The molecule has 0 rings (SSSR count). The molecular formula is C58H113NO5. The van der Waals surface area contributed by atoms with E-state index in [2.05, 4.69) is 31.3 Å². The van der Waals surface area contributed by atoms with Crippen molar-refractivity contribution in [2.75, 3.05) is 13.2 Å². The molecule has 0 aromatic carbocycles. The minimum atomic E-state index is -0.680. The normalized spacial score (nSPS) is 12.6. The van der Waals surface area contributed by atoms with Gasteiger partial charge in [-0.3, -0.25) is 9.59 Å². The maximum atomic E-state index is 12.5. The first-order valence-corrected chi connectivity index (χ1v) is 28.9. The average Bonchev–Trinajstić information content (AvgIpc) is 3.29.